The van der Waals surface area contributed by atoms with Gasteiger partial charge in [-0.05, 0) is 43.6 Å². The minimum Gasteiger partial charge on any atom is -0.471 e. The van der Waals surface area contributed by atoms with Crippen LogP contribution in [0.15, 0.2) is 10.7 Å². The summed E-state index contributed by atoms with van der Waals surface area (Å²) in [5, 5.41) is 6.60. The molecule has 0 spiro atoms. The maximum absolute atomic E-state index is 11.5. The molecular weight excluding hydrogens is 342 g/mol. The Kier molecular flexibility index (Phi) is 5.77. The lowest BCUT2D eigenvalue weighted by Crippen LogP contribution is -2.37. The van der Waals surface area contributed by atoms with E-state index in [-0.39, 0.29) is 18.6 Å². The lowest BCUT2D eigenvalue weighted by atomic mass is 10.2. The largest absolute Gasteiger partial charge is 0.471 e. The molecule has 21 heavy (non-hydrogen) atoms. The Morgan fingerprint density at radius 2 is 2.10 bits per heavy atom. The van der Waals surface area contributed by atoms with Gasteiger partial charge in [0.05, 0.1) is 17.2 Å². The van der Waals surface area contributed by atoms with Gasteiger partial charge in [-0.15, -0.1) is 5.10 Å². The van der Waals surface area contributed by atoms with Gasteiger partial charge in [0.2, 0.25) is 11.8 Å². The Bertz CT molecular complexity index is 522. The SMILES string of the molecule is CC(=O)n1cc(Br)c(O[C@@H](C)CNC(=O)OC(C)(C)C)n1. The first-order valence-electron chi connectivity index (χ1n) is 6.48. The number of ether oxygens (including phenoxy) is 2. The predicted octanol–water partition coefficient (Wildman–Crippen LogP) is 2.60. The molecule has 0 aliphatic carbocycles. The first kappa shape index (κ1) is 17.5. The van der Waals surface area contributed by atoms with Crippen molar-refractivity contribution in [2.45, 2.75) is 46.3 Å². The van der Waals surface area contributed by atoms with Crippen molar-refractivity contribution in [2.24, 2.45) is 0 Å². The Labute approximate surface area is 132 Å². The van der Waals surface area contributed by atoms with Gasteiger partial charge < -0.3 is 14.8 Å². The Balaban J connectivity index is 2.49. The lowest BCUT2D eigenvalue weighted by molar-refractivity contribution is 0.0503. The zero-order valence-corrected chi connectivity index (χ0v) is 14.4. The molecular formula is C13H20BrN3O4. The molecule has 0 saturated carbocycles. The van der Waals surface area contributed by atoms with E-state index in [0.717, 1.165) is 0 Å². The summed E-state index contributed by atoms with van der Waals surface area (Å²) >= 11 is 3.26. The summed E-state index contributed by atoms with van der Waals surface area (Å²) in [4.78, 5) is 22.7. The zero-order chi connectivity index (χ0) is 16.2. The third kappa shape index (κ3) is 6.16. The molecule has 1 aromatic rings. The number of nitrogens with one attached hydrogen (secondary N) is 1. The van der Waals surface area contributed by atoms with E-state index in [1.54, 1.807) is 27.7 Å². The number of carbonyl (C=O) groups excluding carboxylic acids is 2. The molecule has 1 atom stereocenters. The smallest absolute Gasteiger partial charge is 0.407 e. The third-order valence-corrected chi connectivity index (χ3v) is 2.75. The molecule has 0 bridgehead atoms. The molecule has 1 heterocycles. The molecule has 0 unspecified atom stereocenters. The van der Waals surface area contributed by atoms with Gasteiger partial charge in [0.25, 0.3) is 0 Å². The summed E-state index contributed by atoms with van der Waals surface area (Å²) in [7, 11) is 0. The second kappa shape index (κ2) is 6.93. The number of amides is 1. The van der Waals surface area contributed by atoms with Crippen LogP contribution in [0.2, 0.25) is 0 Å². The van der Waals surface area contributed by atoms with E-state index in [9.17, 15) is 9.59 Å². The minimum atomic E-state index is -0.544. The number of hydrogen-bond donors (Lipinski definition) is 1. The molecule has 118 valence electrons. The van der Waals surface area contributed by atoms with Crippen LogP contribution >= 0.6 is 15.9 Å². The number of hydrogen-bond acceptors (Lipinski definition) is 5. The molecule has 0 aliphatic rings. The van der Waals surface area contributed by atoms with Crippen LogP contribution in [0.25, 0.3) is 0 Å². The molecule has 1 rings (SSSR count). The van der Waals surface area contributed by atoms with Crippen LogP contribution in [0.5, 0.6) is 5.88 Å². The van der Waals surface area contributed by atoms with E-state index in [1.807, 2.05) is 0 Å². The monoisotopic (exact) mass is 361 g/mol. The average molecular weight is 362 g/mol. The molecule has 7 nitrogen and oxygen atoms in total. The van der Waals surface area contributed by atoms with Gasteiger partial charge in [0.1, 0.15) is 11.7 Å². The van der Waals surface area contributed by atoms with Crippen LogP contribution in [0.1, 0.15) is 39.4 Å². The van der Waals surface area contributed by atoms with Gasteiger partial charge in [-0.25, -0.2) is 9.48 Å². The standard InChI is InChI=1S/C13H20BrN3O4/c1-8(6-15-12(19)21-13(3,4)5)20-11-10(14)7-17(16-11)9(2)18/h7-8H,6H2,1-5H3,(H,15,19)/t8-/m0/s1. The lowest BCUT2D eigenvalue weighted by Gasteiger charge is -2.20. The maximum Gasteiger partial charge on any atom is 0.407 e. The van der Waals surface area contributed by atoms with Crippen LogP contribution in [0, 0.1) is 0 Å². The molecule has 1 N–H and O–H groups in total. The van der Waals surface area contributed by atoms with Crippen molar-refractivity contribution in [2.75, 3.05) is 6.54 Å². The van der Waals surface area contributed by atoms with Gasteiger partial charge in [0.15, 0.2) is 0 Å². The van der Waals surface area contributed by atoms with Gasteiger partial charge in [0, 0.05) is 6.92 Å². The Morgan fingerprint density at radius 3 is 2.57 bits per heavy atom. The fraction of sp³-hybridized carbons (Fsp3) is 0.615. The fourth-order valence-corrected chi connectivity index (χ4v) is 1.72. The highest BCUT2D eigenvalue weighted by atomic mass is 79.9. The van der Waals surface area contributed by atoms with Crippen LogP contribution in [0.3, 0.4) is 0 Å². The van der Waals surface area contributed by atoms with Crippen molar-refractivity contribution in [1.82, 2.24) is 15.1 Å². The molecule has 0 aromatic carbocycles. The second-order valence-corrected chi connectivity index (χ2v) is 6.41. The van der Waals surface area contributed by atoms with E-state index < -0.39 is 11.7 Å². The number of alkyl carbamates (subject to hydrolysis) is 1. The first-order valence-corrected chi connectivity index (χ1v) is 7.27. The summed E-state index contributed by atoms with van der Waals surface area (Å²) in [6.07, 6.45) is 0.682. The summed E-state index contributed by atoms with van der Waals surface area (Å²) in [5.74, 6) is 0.0776. The highest BCUT2D eigenvalue weighted by molar-refractivity contribution is 9.10. The number of halogens is 1. The van der Waals surface area contributed by atoms with Crippen LogP contribution in [0.4, 0.5) is 4.79 Å². The first-order chi connectivity index (χ1) is 9.58. The highest BCUT2D eigenvalue weighted by Gasteiger charge is 2.18. The van der Waals surface area contributed by atoms with Gasteiger partial charge in [-0.1, -0.05) is 0 Å². The number of rotatable bonds is 4. The normalized spacial score (nSPS) is 12.7. The van der Waals surface area contributed by atoms with Gasteiger partial charge in [-0.3, -0.25) is 4.79 Å². The molecule has 1 aromatic heterocycles. The molecule has 0 fully saturated rings. The van der Waals surface area contributed by atoms with Gasteiger partial charge in [-0.2, -0.15) is 0 Å². The Hall–Kier alpha value is -1.57. The molecule has 1 amide bonds. The van der Waals surface area contributed by atoms with E-state index in [4.69, 9.17) is 9.47 Å². The number of carbonyl (C=O) groups is 2. The van der Waals surface area contributed by atoms with E-state index >= 15 is 0 Å². The maximum atomic E-state index is 11.5. The summed E-state index contributed by atoms with van der Waals surface area (Å²) in [5.41, 5.74) is -0.544. The topological polar surface area (TPSA) is 82.5 Å². The quantitative estimate of drug-likeness (QED) is 0.890. The molecule has 0 aliphatic heterocycles. The van der Waals surface area contributed by atoms with E-state index in [2.05, 4.69) is 26.3 Å². The molecule has 0 saturated heterocycles. The van der Waals surface area contributed by atoms with Crippen LogP contribution in [-0.4, -0.2) is 40.0 Å². The second-order valence-electron chi connectivity index (χ2n) is 5.56. The van der Waals surface area contributed by atoms with E-state index in [1.165, 1.54) is 17.8 Å². The predicted molar refractivity (Wildman–Crippen MR) is 80.6 cm³/mol. The third-order valence-electron chi connectivity index (χ3n) is 2.21. The van der Waals surface area contributed by atoms with Crippen molar-refractivity contribution < 1.29 is 19.1 Å². The van der Waals surface area contributed by atoms with Crippen molar-refractivity contribution in [3.05, 3.63) is 10.7 Å². The molecule has 8 heteroatoms. The van der Waals surface area contributed by atoms with Crippen molar-refractivity contribution in [1.29, 1.82) is 0 Å². The van der Waals surface area contributed by atoms with Gasteiger partial charge >= 0.3 is 6.09 Å². The van der Waals surface area contributed by atoms with Crippen LogP contribution in [-0.2, 0) is 4.74 Å². The average Bonchev–Trinajstić information content (AvgIpc) is 2.66. The zero-order valence-electron chi connectivity index (χ0n) is 12.8. The summed E-state index contributed by atoms with van der Waals surface area (Å²) in [6, 6.07) is 0. The number of aromatic nitrogens is 2. The molecule has 0 radical (unpaired) electrons. The summed E-state index contributed by atoms with van der Waals surface area (Å²) < 4.78 is 12.4. The fourth-order valence-electron chi connectivity index (χ4n) is 1.35. The highest BCUT2D eigenvalue weighted by Crippen LogP contribution is 2.23. The van der Waals surface area contributed by atoms with Crippen molar-refractivity contribution >= 4 is 27.9 Å². The van der Waals surface area contributed by atoms with Crippen molar-refractivity contribution in [3.8, 4) is 5.88 Å². The van der Waals surface area contributed by atoms with Crippen LogP contribution < -0.4 is 10.1 Å². The van der Waals surface area contributed by atoms with Crippen molar-refractivity contribution in [3.63, 3.8) is 0 Å². The van der Waals surface area contributed by atoms with E-state index in [0.29, 0.717) is 10.4 Å². The summed E-state index contributed by atoms with van der Waals surface area (Å²) in [6.45, 7) is 8.80. The minimum absolute atomic E-state index is 0.218. The number of nitrogens with zero attached hydrogens (tertiary/aromatic N) is 2. The Morgan fingerprint density at radius 1 is 1.48 bits per heavy atom.